The molecule has 2 aromatic carbocycles. The molecule has 8 heteroatoms. The number of carbonyl (C=O) groups is 1. The van der Waals surface area contributed by atoms with Gasteiger partial charge >= 0.3 is 0 Å². The molecule has 1 amide bonds. The summed E-state index contributed by atoms with van der Waals surface area (Å²) in [5.41, 5.74) is 6.83. The van der Waals surface area contributed by atoms with Crippen LogP contribution in [-0.2, 0) is 4.79 Å². The smallest absolute Gasteiger partial charge is 0.240 e. The normalized spacial score (nSPS) is 20.5. The van der Waals surface area contributed by atoms with E-state index in [1.54, 1.807) is 0 Å². The molecule has 2 atom stereocenters. The minimum absolute atomic E-state index is 0. The molecule has 2 aliphatic heterocycles. The van der Waals surface area contributed by atoms with Gasteiger partial charge in [-0.2, -0.15) is 5.10 Å². The van der Waals surface area contributed by atoms with Gasteiger partial charge in [0.25, 0.3) is 0 Å². The monoisotopic (exact) mass is 454 g/mol. The third kappa shape index (κ3) is 4.64. The highest BCUT2D eigenvalue weighted by atomic mass is 35.5. The van der Waals surface area contributed by atoms with Crippen molar-refractivity contribution in [1.29, 1.82) is 0 Å². The maximum absolute atomic E-state index is 11.7. The lowest BCUT2D eigenvalue weighted by molar-refractivity contribution is -0.122. The van der Waals surface area contributed by atoms with Crippen molar-refractivity contribution in [2.24, 2.45) is 11.0 Å². The van der Waals surface area contributed by atoms with Crippen molar-refractivity contribution < 1.29 is 13.9 Å². The number of oxazole rings is 1. The summed E-state index contributed by atoms with van der Waals surface area (Å²) in [5.74, 6) is 1.49. The Hall–Kier alpha value is -2.90. The number of carbonyl (C=O) groups excluding carboxylic acids is 1. The molecule has 3 heterocycles. The Kier molecular flexibility index (Phi) is 6.77. The van der Waals surface area contributed by atoms with Crippen molar-refractivity contribution in [3.63, 3.8) is 0 Å². The number of hydrazone groups is 1. The van der Waals surface area contributed by atoms with Crippen molar-refractivity contribution in [2.45, 2.75) is 38.6 Å². The molecule has 7 nitrogen and oxygen atoms in total. The largest absolute Gasteiger partial charge is 0.492 e. The number of rotatable bonds is 6. The number of fused-ring (bicyclic) bond motifs is 1. The molecule has 0 spiro atoms. The van der Waals surface area contributed by atoms with Crippen LogP contribution in [0.15, 0.2) is 52.0 Å². The number of hydrogen-bond donors (Lipinski definition) is 2. The standard InChI is InChI=1S/C24H26N4O3.ClH/c1-2-15-13-22(29)27-28-23(15)17-7-10-20-21(12-17)31-24(26-20)16-5-8-19(9-6-16)30-14-18-4-3-11-25-18;/h5-10,12,15,18,25H,2-4,11,13-14H2,1H3,(H,27,29);1H/t15?,18-;/m1./s1. The van der Waals surface area contributed by atoms with Gasteiger partial charge in [-0.1, -0.05) is 13.0 Å². The van der Waals surface area contributed by atoms with E-state index in [1.165, 1.54) is 12.8 Å². The van der Waals surface area contributed by atoms with Crippen LogP contribution in [0.3, 0.4) is 0 Å². The van der Waals surface area contributed by atoms with Gasteiger partial charge in [-0.15, -0.1) is 12.4 Å². The first-order chi connectivity index (χ1) is 15.2. The fourth-order valence-corrected chi connectivity index (χ4v) is 4.21. The van der Waals surface area contributed by atoms with Crippen molar-refractivity contribution in [3.8, 4) is 17.2 Å². The Morgan fingerprint density at radius 1 is 1.16 bits per heavy atom. The van der Waals surface area contributed by atoms with Gasteiger partial charge in [0.05, 0.1) is 5.71 Å². The maximum Gasteiger partial charge on any atom is 0.240 e. The quantitative estimate of drug-likeness (QED) is 0.579. The lowest BCUT2D eigenvalue weighted by Crippen LogP contribution is -2.33. The van der Waals surface area contributed by atoms with Gasteiger partial charge in [0.1, 0.15) is 17.9 Å². The fourth-order valence-electron chi connectivity index (χ4n) is 4.21. The molecule has 2 N–H and O–H groups in total. The van der Waals surface area contributed by atoms with Crippen LogP contribution in [-0.4, -0.2) is 35.8 Å². The predicted octanol–water partition coefficient (Wildman–Crippen LogP) is 4.30. The van der Waals surface area contributed by atoms with E-state index < -0.39 is 0 Å². The van der Waals surface area contributed by atoms with Gasteiger partial charge < -0.3 is 14.5 Å². The van der Waals surface area contributed by atoms with Crippen LogP contribution in [0.25, 0.3) is 22.6 Å². The lowest BCUT2D eigenvalue weighted by Gasteiger charge is -2.21. The SMILES string of the molecule is CCC1CC(=O)NN=C1c1ccc2nc(-c3ccc(OC[C@H]4CCCN4)cc3)oc2c1.Cl. The van der Waals surface area contributed by atoms with Crippen LogP contribution in [0, 0.1) is 5.92 Å². The number of nitrogens with one attached hydrogen (secondary N) is 2. The van der Waals surface area contributed by atoms with E-state index >= 15 is 0 Å². The first-order valence-corrected chi connectivity index (χ1v) is 10.9. The summed E-state index contributed by atoms with van der Waals surface area (Å²) in [5, 5.41) is 7.73. The molecule has 1 unspecified atom stereocenters. The molecule has 0 aliphatic carbocycles. The molecule has 5 rings (SSSR count). The molecular weight excluding hydrogens is 428 g/mol. The van der Waals surface area contributed by atoms with E-state index in [0.29, 0.717) is 30.5 Å². The summed E-state index contributed by atoms with van der Waals surface area (Å²) in [7, 11) is 0. The van der Waals surface area contributed by atoms with Crippen molar-refractivity contribution in [1.82, 2.24) is 15.7 Å². The second kappa shape index (κ2) is 9.71. The van der Waals surface area contributed by atoms with Crippen LogP contribution >= 0.6 is 12.4 Å². The van der Waals surface area contributed by atoms with E-state index in [-0.39, 0.29) is 24.2 Å². The average Bonchev–Trinajstić information content (AvgIpc) is 3.47. The number of hydrogen-bond acceptors (Lipinski definition) is 6. The molecule has 168 valence electrons. The zero-order chi connectivity index (χ0) is 21.2. The summed E-state index contributed by atoms with van der Waals surface area (Å²) < 4.78 is 11.9. The van der Waals surface area contributed by atoms with Crippen molar-refractivity contribution in [3.05, 3.63) is 48.0 Å². The van der Waals surface area contributed by atoms with Gasteiger partial charge in [0.15, 0.2) is 5.58 Å². The summed E-state index contributed by atoms with van der Waals surface area (Å²) in [6, 6.07) is 14.2. The minimum atomic E-state index is -0.0365. The Labute approximate surface area is 193 Å². The Balaban J connectivity index is 0.00000245. The number of nitrogens with zero attached hydrogens (tertiary/aromatic N) is 2. The summed E-state index contributed by atoms with van der Waals surface area (Å²) in [4.78, 5) is 16.3. The van der Waals surface area contributed by atoms with Gasteiger partial charge in [0, 0.05) is 29.5 Å². The van der Waals surface area contributed by atoms with Crippen LogP contribution in [0.2, 0.25) is 0 Å². The zero-order valence-electron chi connectivity index (χ0n) is 18.0. The second-order valence-electron chi connectivity index (χ2n) is 8.17. The van der Waals surface area contributed by atoms with E-state index in [1.807, 2.05) is 42.5 Å². The number of aromatic nitrogens is 1. The molecule has 0 saturated carbocycles. The summed E-state index contributed by atoms with van der Waals surface area (Å²) in [6.07, 6.45) is 3.70. The van der Waals surface area contributed by atoms with Crippen LogP contribution in [0.4, 0.5) is 0 Å². The molecule has 3 aromatic rings. The Morgan fingerprint density at radius 2 is 1.97 bits per heavy atom. The topological polar surface area (TPSA) is 88.8 Å². The van der Waals surface area contributed by atoms with E-state index in [9.17, 15) is 4.79 Å². The molecule has 1 saturated heterocycles. The summed E-state index contributed by atoms with van der Waals surface area (Å²) >= 11 is 0. The van der Waals surface area contributed by atoms with Crippen molar-refractivity contribution in [2.75, 3.05) is 13.2 Å². The number of benzene rings is 2. The average molecular weight is 455 g/mol. The van der Waals surface area contributed by atoms with E-state index in [0.717, 1.165) is 41.1 Å². The molecule has 0 radical (unpaired) electrons. The predicted molar refractivity (Wildman–Crippen MR) is 126 cm³/mol. The number of halogens is 1. The maximum atomic E-state index is 11.7. The van der Waals surface area contributed by atoms with E-state index in [2.05, 4.69) is 27.8 Å². The molecule has 32 heavy (non-hydrogen) atoms. The van der Waals surface area contributed by atoms with Gasteiger partial charge in [-0.05, 0) is 62.2 Å². The van der Waals surface area contributed by atoms with Gasteiger partial charge in [-0.25, -0.2) is 10.4 Å². The Morgan fingerprint density at radius 3 is 2.72 bits per heavy atom. The molecule has 1 fully saturated rings. The third-order valence-electron chi connectivity index (χ3n) is 6.01. The molecule has 2 aliphatic rings. The number of ether oxygens (including phenoxy) is 1. The van der Waals surface area contributed by atoms with E-state index in [4.69, 9.17) is 9.15 Å². The molecular formula is C24H27ClN4O3. The van der Waals surface area contributed by atoms with Crippen LogP contribution in [0.1, 0.15) is 38.2 Å². The highest BCUT2D eigenvalue weighted by molar-refractivity contribution is 6.07. The van der Waals surface area contributed by atoms with Crippen LogP contribution < -0.4 is 15.5 Å². The van der Waals surface area contributed by atoms with Gasteiger partial charge in [0.2, 0.25) is 11.8 Å². The molecule has 1 aromatic heterocycles. The fraction of sp³-hybridized carbons (Fsp3) is 0.375. The highest BCUT2D eigenvalue weighted by Gasteiger charge is 2.24. The zero-order valence-corrected chi connectivity index (χ0v) is 18.8. The summed E-state index contributed by atoms with van der Waals surface area (Å²) in [6.45, 7) is 3.84. The minimum Gasteiger partial charge on any atom is -0.492 e. The van der Waals surface area contributed by atoms with Crippen molar-refractivity contribution >= 4 is 35.1 Å². The molecule has 0 bridgehead atoms. The Bertz CT molecular complexity index is 1120. The third-order valence-corrected chi connectivity index (χ3v) is 6.01. The van der Waals surface area contributed by atoms with Crippen LogP contribution in [0.5, 0.6) is 5.75 Å². The number of amides is 1. The lowest BCUT2D eigenvalue weighted by atomic mass is 9.90. The first-order valence-electron chi connectivity index (χ1n) is 10.9. The first kappa shape index (κ1) is 22.3. The van der Waals surface area contributed by atoms with Gasteiger partial charge in [-0.3, -0.25) is 4.79 Å². The second-order valence-corrected chi connectivity index (χ2v) is 8.17. The highest BCUT2D eigenvalue weighted by Crippen LogP contribution is 2.28.